The summed E-state index contributed by atoms with van der Waals surface area (Å²) >= 11 is 0. The van der Waals surface area contributed by atoms with E-state index in [-0.39, 0.29) is 30.3 Å². The Morgan fingerprint density at radius 3 is 2.00 bits per heavy atom. The van der Waals surface area contributed by atoms with Gasteiger partial charge < -0.3 is 9.47 Å². The van der Waals surface area contributed by atoms with E-state index < -0.39 is 56.5 Å². The van der Waals surface area contributed by atoms with Gasteiger partial charge in [-0.15, -0.1) is 0 Å². The molecule has 0 aromatic carbocycles. The summed E-state index contributed by atoms with van der Waals surface area (Å²) in [4.78, 5) is 25.4. The molecule has 1 N–H and O–H groups in total. The summed E-state index contributed by atoms with van der Waals surface area (Å²) in [5, 5.41) is -5.84. The van der Waals surface area contributed by atoms with Crippen LogP contribution in [0.3, 0.4) is 0 Å². The fraction of sp³-hybridized carbons (Fsp3) is 0.789. The molecule has 4 saturated carbocycles. The van der Waals surface area contributed by atoms with Crippen LogP contribution in [0.15, 0.2) is 12.2 Å². The second-order valence-corrected chi connectivity index (χ2v) is 10.8. The van der Waals surface area contributed by atoms with E-state index >= 15 is 0 Å². The van der Waals surface area contributed by atoms with Gasteiger partial charge in [0.2, 0.25) is 0 Å². The first-order valence-corrected chi connectivity index (χ1v) is 11.3. The van der Waals surface area contributed by atoms with E-state index in [1.54, 1.807) is 0 Å². The molecule has 4 fully saturated rings. The minimum atomic E-state index is -6.57. The number of ether oxygens (including phenoxy) is 2. The summed E-state index contributed by atoms with van der Waals surface area (Å²) in [5.41, 5.74) is -3.59. The Hall–Kier alpha value is -1.76. The van der Waals surface area contributed by atoms with Crippen molar-refractivity contribution in [2.24, 2.45) is 23.2 Å². The third-order valence-electron chi connectivity index (χ3n) is 7.12. The molecule has 32 heavy (non-hydrogen) atoms. The summed E-state index contributed by atoms with van der Waals surface area (Å²) in [6, 6.07) is 0. The number of alkyl halides is 5. The highest BCUT2D eigenvalue weighted by Crippen LogP contribution is 2.66. The van der Waals surface area contributed by atoms with Crippen molar-refractivity contribution in [3.8, 4) is 0 Å². The Balaban J connectivity index is 2.05. The molecule has 0 amide bonds. The van der Waals surface area contributed by atoms with E-state index in [4.69, 9.17) is 9.29 Å². The topological polar surface area (TPSA) is 107 Å². The highest BCUT2D eigenvalue weighted by molar-refractivity contribution is 7.86. The second-order valence-electron chi connectivity index (χ2n) is 9.27. The maximum Gasteiger partial charge on any atom is 0.432 e. The lowest BCUT2D eigenvalue weighted by Gasteiger charge is -2.63. The van der Waals surface area contributed by atoms with Crippen molar-refractivity contribution in [1.82, 2.24) is 0 Å². The molecule has 4 rings (SSSR count). The van der Waals surface area contributed by atoms with Crippen LogP contribution in [0.1, 0.15) is 46.0 Å². The van der Waals surface area contributed by atoms with Crippen molar-refractivity contribution in [3.63, 3.8) is 0 Å². The summed E-state index contributed by atoms with van der Waals surface area (Å²) < 4.78 is 108. The monoisotopic (exact) mass is 490 g/mol. The fourth-order valence-electron chi connectivity index (χ4n) is 5.72. The summed E-state index contributed by atoms with van der Waals surface area (Å²) in [6.45, 7) is 6.14. The van der Waals surface area contributed by atoms with E-state index in [9.17, 15) is 40.0 Å². The van der Waals surface area contributed by atoms with Gasteiger partial charge in [0.05, 0.1) is 0 Å². The molecule has 0 spiro atoms. The highest BCUT2D eigenvalue weighted by Gasteiger charge is 2.72. The molecule has 4 unspecified atom stereocenters. The Kier molecular flexibility index (Phi) is 5.73. The van der Waals surface area contributed by atoms with Crippen LogP contribution in [-0.2, 0) is 29.2 Å². The van der Waals surface area contributed by atoms with Gasteiger partial charge in [-0.05, 0) is 57.8 Å². The number of carbonyl (C=O) groups is 2. The minimum absolute atomic E-state index is 0.0328. The number of carbonyl (C=O) groups excluding carboxylic acids is 2. The molecule has 0 aliphatic heterocycles. The van der Waals surface area contributed by atoms with E-state index in [1.165, 1.54) is 13.8 Å². The highest BCUT2D eigenvalue weighted by atomic mass is 32.2. The Morgan fingerprint density at radius 2 is 1.59 bits per heavy atom. The van der Waals surface area contributed by atoms with Crippen LogP contribution in [0.2, 0.25) is 0 Å². The van der Waals surface area contributed by atoms with Crippen LogP contribution >= 0.6 is 0 Å². The summed E-state index contributed by atoms with van der Waals surface area (Å²) in [6.07, 6.45) is -8.86. The van der Waals surface area contributed by atoms with E-state index in [2.05, 4.69) is 11.3 Å². The van der Waals surface area contributed by atoms with Gasteiger partial charge in [0.1, 0.15) is 11.0 Å². The van der Waals surface area contributed by atoms with Crippen molar-refractivity contribution < 1.29 is 54.0 Å². The predicted molar refractivity (Wildman–Crippen MR) is 97.7 cm³/mol. The maximum atomic E-state index is 14.0. The third kappa shape index (κ3) is 3.70. The molecule has 4 aliphatic rings. The first-order chi connectivity index (χ1) is 14.3. The number of rotatable bonds is 6. The molecule has 4 aliphatic carbocycles. The van der Waals surface area contributed by atoms with Gasteiger partial charge in [0, 0.05) is 11.5 Å². The normalized spacial score (nSPS) is 35.3. The number of esters is 2. The smallest absolute Gasteiger partial charge is 0.432 e. The average Bonchev–Trinajstić information content (AvgIpc) is 2.61. The van der Waals surface area contributed by atoms with Gasteiger partial charge in [0.25, 0.3) is 6.10 Å². The standard InChI is InChI=1S/C19H23F5O7S/c1-9(2)13(25)31-16(3)12-5-10-4-11(6-12)8-17(16,7-10)15(26)30-14(18(20,21)22)19(23,24)32(27,28)29/h10-12,14H,1,4-8H2,2-3H3,(H,27,28,29). The van der Waals surface area contributed by atoms with Crippen molar-refractivity contribution in [2.45, 2.75) is 69.1 Å². The molecule has 0 aromatic heterocycles. The van der Waals surface area contributed by atoms with Crippen molar-refractivity contribution in [2.75, 3.05) is 0 Å². The molecular formula is C19H23F5O7S. The molecule has 0 radical (unpaired) electrons. The minimum Gasteiger partial charge on any atom is -0.455 e. The molecular weight excluding hydrogens is 467 g/mol. The van der Waals surface area contributed by atoms with E-state index in [0.717, 1.165) is 0 Å². The second kappa shape index (κ2) is 7.37. The van der Waals surface area contributed by atoms with Crippen LogP contribution < -0.4 is 0 Å². The molecule has 4 atom stereocenters. The largest absolute Gasteiger partial charge is 0.455 e. The Bertz CT molecular complexity index is 930. The molecule has 7 nitrogen and oxygen atoms in total. The average molecular weight is 490 g/mol. The van der Waals surface area contributed by atoms with Crippen molar-refractivity contribution in [3.05, 3.63) is 12.2 Å². The van der Waals surface area contributed by atoms with Crippen molar-refractivity contribution in [1.29, 1.82) is 0 Å². The lowest BCUT2D eigenvalue weighted by atomic mass is 9.43. The third-order valence-corrected chi connectivity index (χ3v) is 8.02. The van der Waals surface area contributed by atoms with Crippen LogP contribution in [0.25, 0.3) is 0 Å². The number of halogens is 5. The van der Waals surface area contributed by atoms with Crippen LogP contribution in [0.4, 0.5) is 22.0 Å². The number of hydrogen-bond donors (Lipinski definition) is 1. The zero-order valence-corrected chi connectivity index (χ0v) is 18.1. The van der Waals surface area contributed by atoms with E-state index in [1.807, 2.05) is 0 Å². The zero-order chi connectivity index (χ0) is 24.5. The first-order valence-electron chi connectivity index (χ1n) is 9.86. The van der Waals surface area contributed by atoms with Crippen LogP contribution in [0, 0.1) is 23.2 Å². The number of hydrogen-bond acceptors (Lipinski definition) is 6. The molecule has 4 bridgehead atoms. The first kappa shape index (κ1) is 24.9. The van der Waals surface area contributed by atoms with Gasteiger partial charge in [-0.25, -0.2) is 4.79 Å². The molecule has 0 aromatic rings. The van der Waals surface area contributed by atoms with Gasteiger partial charge in [-0.3, -0.25) is 9.35 Å². The van der Waals surface area contributed by atoms with Gasteiger partial charge in [-0.2, -0.15) is 30.4 Å². The zero-order valence-electron chi connectivity index (χ0n) is 17.2. The molecule has 182 valence electrons. The Labute approximate surface area is 181 Å². The maximum absolute atomic E-state index is 14.0. The molecule has 0 saturated heterocycles. The summed E-state index contributed by atoms with van der Waals surface area (Å²) in [7, 11) is -6.57. The molecule has 0 heterocycles. The van der Waals surface area contributed by atoms with Crippen molar-refractivity contribution >= 4 is 22.1 Å². The van der Waals surface area contributed by atoms with Crippen LogP contribution in [-0.4, -0.2) is 48.0 Å². The van der Waals surface area contributed by atoms with E-state index in [0.29, 0.717) is 19.3 Å². The SMILES string of the molecule is C=C(C)C(=O)OC1(C)C2CC3CC(C2)CC1(C(=O)OC(C(F)(F)F)C(F)(F)S(=O)(=O)O)C3. The lowest BCUT2D eigenvalue weighted by molar-refractivity contribution is -0.281. The summed E-state index contributed by atoms with van der Waals surface area (Å²) in [5.74, 6) is -3.32. The Morgan fingerprint density at radius 1 is 1.09 bits per heavy atom. The lowest BCUT2D eigenvalue weighted by Crippen LogP contribution is -2.68. The predicted octanol–water partition coefficient (Wildman–Crippen LogP) is 3.65. The van der Waals surface area contributed by atoms with Gasteiger partial charge in [-0.1, -0.05) is 6.58 Å². The molecule has 13 heteroatoms. The quantitative estimate of drug-likeness (QED) is 0.262. The van der Waals surface area contributed by atoms with Crippen LogP contribution in [0.5, 0.6) is 0 Å². The fourth-order valence-corrected chi connectivity index (χ4v) is 6.18. The van der Waals surface area contributed by atoms with Gasteiger partial charge in [0.15, 0.2) is 0 Å². The van der Waals surface area contributed by atoms with Gasteiger partial charge >= 0.3 is 33.5 Å².